The van der Waals surface area contributed by atoms with Gasteiger partial charge in [-0.15, -0.1) is 0 Å². The van der Waals surface area contributed by atoms with Crippen LogP contribution >= 0.6 is 0 Å². The minimum Gasteiger partial charge on any atom is -0.507 e. The SMILES string of the molecule is [13CH3]C(O)[C@]1(N)Cc2c(O)c3c(c(O)c2[C@@H](O)C1)C(=O)[13c]1cccc[13c]1C3=O. The van der Waals surface area contributed by atoms with Gasteiger partial charge in [-0.3, -0.25) is 9.59 Å². The van der Waals surface area contributed by atoms with E-state index in [4.69, 9.17) is 5.73 Å². The zero-order valence-corrected chi connectivity index (χ0v) is 14.6. The number of phenolic OH excluding ortho intramolecular Hbond substituents is 2. The molecule has 0 radical (unpaired) electrons. The molecule has 0 fully saturated rings. The number of carbonyl (C=O) groups excluding carboxylic acids is 2. The van der Waals surface area contributed by atoms with Gasteiger partial charge in [-0.05, 0) is 19.8 Å². The van der Waals surface area contributed by atoms with Crippen molar-refractivity contribution >= 4 is 11.6 Å². The number of nitrogens with two attached hydrogens (primary N) is 1. The van der Waals surface area contributed by atoms with Crippen LogP contribution in [0.1, 0.15) is 62.4 Å². The number of benzene rings is 2. The number of phenols is 2. The standard InChI is InChI=1S/C20H19NO6/c1-8(22)20(21)6-11-13(12(23)7-20)19(27)15-14(18(11)26)16(24)9-4-2-3-5-10(9)17(15)25/h2-5,8,12,22-23,26-27H,6-7,21H2,1H3/t8?,12-,20-/m0/s1/i1+1,9+1,10+1. The monoisotopic (exact) mass is 372 g/mol. The molecule has 0 heterocycles. The molecule has 2 aliphatic rings. The number of ketones is 2. The third-order valence-electron chi connectivity index (χ3n) is 5.70. The average Bonchev–Trinajstić information content (AvgIpc) is 2.62. The second-order valence-electron chi connectivity index (χ2n) is 7.35. The molecule has 0 spiro atoms. The summed E-state index contributed by atoms with van der Waals surface area (Å²) in [5, 5.41) is 42.1. The highest BCUT2D eigenvalue weighted by atomic mass is 16.3. The van der Waals surface area contributed by atoms with Gasteiger partial charge in [-0.25, -0.2) is 0 Å². The molecule has 6 N–H and O–H groups in total. The zero-order chi connectivity index (χ0) is 19.7. The van der Waals surface area contributed by atoms with Crippen LogP contribution in [0.3, 0.4) is 0 Å². The van der Waals surface area contributed by atoms with Crippen molar-refractivity contribution in [3.05, 3.63) is 57.6 Å². The van der Waals surface area contributed by atoms with Crippen LogP contribution in [-0.4, -0.2) is 43.6 Å². The van der Waals surface area contributed by atoms with Crippen LogP contribution in [0.2, 0.25) is 0 Å². The molecule has 2 aromatic carbocycles. The molecule has 0 aromatic heterocycles. The highest BCUT2D eigenvalue weighted by Gasteiger charge is 2.45. The van der Waals surface area contributed by atoms with Crippen LogP contribution in [0.5, 0.6) is 11.5 Å². The molecule has 27 heavy (non-hydrogen) atoms. The van der Waals surface area contributed by atoms with E-state index in [1.165, 1.54) is 19.1 Å². The van der Waals surface area contributed by atoms with Crippen molar-refractivity contribution in [2.45, 2.75) is 37.5 Å². The highest BCUT2D eigenvalue weighted by Crippen LogP contribution is 2.50. The summed E-state index contributed by atoms with van der Waals surface area (Å²) in [5.74, 6) is -2.19. The molecule has 0 aliphatic heterocycles. The fourth-order valence-electron chi connectivity index (χ4n) is 4.10. The Bertz CT molecular complexity index is 1010. The Labute approximate surface area is 154 Å². The van der Waals surface area contributed by atoms with Crippen molar-refractivity contribution in [3.63, 3.8) is 0 Å². The number of aliphatic hydroxyl groups excluding tert-OH is 2. The van der Waals surface area contributed by atoms with Crippen molar-refractivity contribution < 1.29 is 30.0 Å². The van der Waals surface area contributed by atoms with Crippen LogP contribution in [0.4, 0.5) is 0 Å². The first-order valence-electron chi connectivity index (χ1n) is 8.61. The number of aliphatic hydroxyl groups is 2. The second-order valence-corrected chi connectivity index (χ2v) is 7.35. The summed E-state index contributed by atoms with van der Waals surface area (Å²) in [6.07, 6.45) is -2.43. The Balaban J connectivity index is 2.02. The number of hydrogen-bond acceptors (Lipinski definition) is 7. The molecule has 2 aliphatic carbocycles. The molecular weight excluding hydrogens is 353 g/mol. The molecule has 7 heteroatoms. The van der Waals surface area contributed by atoms with Crippen molar-refractivity contribution in [1.82, 2.24) is 0 Å². The summed E-state index contributed by atoms with van der Waals surface area (Å²) < 4.78 is 0. The van der Waals surface area contributed by atoms with Crippen molar-refractivity contribution in [2.24, 2.45) is 5.73 Å². The molecule has 0 saturated carbocycles. The second kappa shape index (κ2) is 5.63. The maximum atomic E-state index is 12.9. The minimum atomic E-state index is -1.30. The van der Waals surface area contributed by atoms with Gasteiger partial charge in [0.15, 0.2) is 11.6 Å². The average molecular weight is 372 g/mol. The first-order chi connectivity index (χ1) is 12.7. The van der Waals surface area contributed by atoms with Crippen LogP contribution < -0.4 is 5.73 Å². The smallest absolute Gasteiger partial charge is 0.198 e. The minimum absolute atomic E-state index is 0.0199. The maximum Gasteiger partial charge on any atom is 0.198 e. The predicted octanol–water partition coefficient (Wildman–Crippen LogP) is 0.931. The zero-order valence-electron chi connectivity index (χ0n) is 14.6. The molecule has 4 rings (SSSR count). The molecule has 140 valence electrons. The van der Waals surface area contributed by atoms with E-state index < -0.39 is 40.8 Å². The van der Waals surface area contributed by atoms with E-state index in [0.29, 0.717) is 0 Å². The summed E-state index contributed by atoms with van der Waals surface area (Å²) in [5.41, 5.74) is 4.66. The lowest BCUT2D eigenvalue weighted by molar-refractivity contribution is 0.0386. The fourth-order valence-corrected chi connectivity index (χ4v) is 4.10. The van der Waals surface area contributed by atoms with Gasteiger partial charge in [-0.1, -0.05) is 24.3 Å². The van der Waals surface area contributed by atoms with Gasteiger partial charge in [0.05, 0.1) is 23.3 Å². The molecular formula is C20H19NO6. The summed E-state index contributed by atoms with van der Waals surface area (Å²) in [4.78, 5) is 25.8. The van der Waals surface area contributed by atoms with Crippen molar-refractivity contribution in [1.29, 1.82) is 0 Å². The first-order valence-corrected chi connectivity index (χ1v) is 8.61. The van der Waals surface area contributed by atoms with E-state index in [9.17, 15) is 30.0 Å². The Kier molecular flexibility index (Phi) is 3.68. The topological polar surface area (TPSA) is 141 Å². The van der Waals surface area contributed by atoms with Crippen LogP contribution in [0.25, 0.3) is 0 Å². The molecule has 7 nitrogen and oxygen atoms in total. The summed E-state index contributed by atoms with van der Waals surface area (Å²) in [6, 6.07) is 6.16. The summed E-state index contributed by atoms with van der Waals surface area (Å²) >= 11 is 0. The van der Waals surface area contributed by atoms with Gasteiger partial charge in [0, 0.05) is 27.8 Å². The Morgan fingerprint density at radius 3 is 2.11 bits per heavy atom. The number of carbonyl (C=O) groups is 2. The normalized spacial score (nSPS) is 24.8. The molecule has 0 amide bonds. The van der Waals surface area contributed by atoms with Gasteiger partial charge in [0.25, 0.3) is 0 Å². The first kappa shape index (κ1) is 17.7. The molecule has 3 atom stereocenters. The summed E-state index contributed by atoms with van der Waals surface area (Å²) in [7, 11) is 0. The molecule has 1 unspecified atom stereocenters. The third-order valence-corrected chi connectivity index (χ3v) is 5.70. The van der Waals surface area contributed by atoms with E-state index >= 15 is 0 Å². The number of rotatable bonds is 1. The fraction of sp³-hybridized carbons (Fsp3) is 0.300. The van der Waals surface area contributed by atoms with E-state index in [1.54, 1.807) is 12.1 Å². The van der Waals surface area contributed by atoms with Gasteiger partial charge >= 0.3 is 0 Å². The summed E-state index contributed by atoms with van der Waals surface area (Å²) in [6.45, 7) is 1.47. The Morgan fingerprint density at radius 1 is 1.07 bits per heavy atom. The molecule has 2 aromatic rings. The van der Waals surface area contributed by atoms with Crippen molar-refractivity contribution in [3.8, 4) is 11.5 Å². The van der Waals surface area contributed by atoms with E-state index in [2.05, 4.69) is 0 Å². The van der Waals surface area contributed by atoms with Crippen LogP contribution in [-0.2, 0) is 6.42 Å². The van der Waals surface area contributed by atoms with Gasteiger partial charge in [-0.2, -0.15) is 0 Å². The predicted molar refractivity (Wildman–Crippen MR) is 95.0 cm³/mol. The largest absolute Gasteiger partial charge is 0.507 e. The quantitative estimate of drug-likeness (QED) is 0.316. The molecule has 0 bridgehead atoms. The van der Waals surface area contributed by atoms with Gasteiger partial charge in [0.2, 0.25) is 0 Å². The van der Waals surface area contributed by atoms with Crippen LogP contribution in [0, 0.1) is 0 Å². The van der Waals surface area contributed by atoms with Crippen molar-refractivity contribution in [2.75, 3.05) is 0 Å². The maximum absolute atomic E-state index is 12.9. The lowest BCUT2D eigenvalue weighted by Crippen LogP contribution is -2.54. The number of fused-ring (bicyclic) bond motifs is 3. The highest BCUT2D eigenvalue weighted by molar-refractivity contribution is 6.30. The number of hydrogen-bond donors (Lipinski definition) is 5. The van der Waals surface area contributed by atoms with Gasteiger partial charge in [0.1, 0.15) is 11.5 Å². The lowest BCUT2D eigenvalue weighted by atomic mass is 9.73. The number of aromatic hydroxyl groups is 2. The van der Waals surface area contributed by atoms with E-state index in [1.807, 2.05) is 0 Å². The van der Waals surface area contributed by atoms with E-state index in [-0.39, 0.29) is 46.2 Å². The van der Waals surface area contributed by atoms with E-state index in [0.717, 1.165) is 0 Å². The van der Waals surface area contributed by atoms with Crippen LogP contribution in [0.15, 0.2) is 24.3 Å². The van der Waals surface area contributed by atoms with Gasteiger partial charge < -0.3 is 26.2 Å². The lowest BCUT2D eigenvalue weighted by Gasteiger charge is -2.40. The Hall–Kier alpha value is -2.74. The third kappa shape index (κ3) is 2.26. The molecule has 0 saturated heterocycles. The Morgan fingerprint density at radius 2 is 1.59 bits per heavy atom.